The maximum Gasteiger partial charge on any atom is 0.414 e. The Bertz CT molecular complexity index is 458. The fourth-order valence-electron chi connectivity index (χ4n) is 1.48. The summed E-state index contributed by atoms with van der Waals surface area (Å²) in [6, 6.07) is 3.92. The summed E-state index contributed by atoms with van der Waals surface area (Å²) in [5, 5.41) is 23.7. The molecule has 0 spiro atoms. The van der Waals surface area contributed by atoms with Gasteiger partial charge in [0.15, 0.2) is 0 Å². The summed E-state index contributed by atoms with van der Waals surface area (Å²) in [6.45, 7) is 6.17. The first-order valence-corrected chi connectivity index (χ1v) is 5.61. The van der Waals surface area contributed by atoms with Gasteiger partial charge in [-0.2, -0.15) is 0 Å². The van der Waals surface area contributed by atoms with Gasteiger partial charge in [-0.3, -0.25) is 0 Å². The minimum absolute atomic E-state index is 0.00331. The Morgan fingerprint density at radius 1 is 1.05 bits per heavy atom. The monoisotopic (exact) mass is 269 g/mol. The van der Waals surface area contributed by atoms with Gasteiger partial charge in [-0.1, -0.05) is 12.1 Å². The SMILES string of the molecule is Cc1cc(C)c(C(N)CO)cc1C.O=C(O)C(=O)O. The number of hydrogen-bond donors (Lipinski definition) is 4. The molecule has 0 aliphatic rings. The molecule has 106 valence electrons. The van der Waals surface area contributed by atoms with Crippen LogP contribution in [-0.4, -0.2) is 33.9 Å². The smallest absolute Gasteiger partial charge is 0.414 e. The van der Waals surface area contributed by atoms with E-state index in [-0.39, 0.29) is 12.6 Å². The van der Waals surface area contributed by atoms with Gasteiger partial charge in [-0.05, 0) is 43.0 Å². The fraction of sp³-hybridized carbons (Fsp3) is 0.385. The Hall–Kier alpha value is -1.92. The summed E-state index contributed by atoms with van der Waals surface area (Å²) in [6.07, 6.45) is 0. The highest BCUT2D eigenvalue weighted by atomic mass is 16.4. The van der Waals surface area contributed by atoms with Crippen molar-refractivity contribution in [1.82, 2.24) is 0 Å². The number of aryl methyl sites for hydroxylation is 3. The van der Waals surface area contributed by atoms with Gasteiger partial charge in [0.1, 0.15) is 0 Å². The van der Waals surface area contributed by atoms with Crippen LogP contribution in [0.15, 0.2) is 12.1 Å². The normalized spacial score (nSPS) is 11.2. The largest absolute Gasteiger partial charge is 0.473 e. The number of benzene rings is 1. The van der Waals surface area contributed by atoms with Gasteiger partial charge in [0.2, 0.25) is 0 Å². The summed E-state index contributed by atoms with van der Waals surface area (Å²) in [7, 11) is 0. The molecule has 1 aromatic rings. The predicted octanol–water partition coefficient (Wildman–Crippen LogP) is 0.760. The molecular weight excluding hydrogens is 250 g/mol. The first kappa shape index (κ1) is 17.1. The Balaban J connectivity index is 0.000000459. The van der Waals surface area contributed by atoms with E-state index in [4.69, 9.17) is 30.6 Å². The van der Waals surface area contributed by atoms with E-state index < -0.39 is 11.9 Å². The van der Waals surface area contributed by atoms with Crippen molar-refractivity contribution >= 4 is 11.9 Å². The number of carbonyl (C=O) groups is 2. The third-order valence-corrected chi connectivity index (χ3v) is 2.66. The van der Waals surface area contributed by atoms with Crippen molar-refractivity contribution in [2.45, 2.75) is 26.8 Å². The van der Waals surface area contributed by atoms with Crippen LogP contribution in [0.4, 0.5) is 0 Å². The standard InChI is InChI=1S/C11H17NO.C2H2O4/c1-7-4-9(3)10(5-8(7)2)11(12)6-13;3-1(4)2(5)6/h4-5,11,13H,6,12H2,1-3H3;(H,3,4)(H,5,6). The van der Waals surface area contributed by atoms with E-state index in [0.717, 1.165) is 11.1 Å². The molecule has 0 bridgehead atoms. The van der Waals surface area contributed by atoms with Gasteiger partial charge in [0.05, 0.1) is 12.6 Å². The van der Waals surface area contributed by atoms with Crippen molar-refractivity contribution in [2.24, 2.45) is 5.73 Å². The van der Waals surface area contributed by atoms with Crippen molar-refractivity contribution in [3.63, 3.8) is 0 Å². The van der Waals surface area contributed by atoms with Crippen LogP contribution in [0.3, 0.4) is 0 Å². The van der Waals surface area contributed by atoms with Gasteiger partial charge >= 0.3 is 11.9 Å². The predicted molar refractivity (Wildman–Crippen MR) is 69.9 cm³/mol. The van der Waals surface area contributed by atoms with Gasteiger partial charge in [0, 0.05) is 0 Å². The number of nitrogens with two attached hydrogens (primary N) is 1. The van der Waals surface area contributed by atoms with Crippen molar-refractivity contribution in [3.8, 4) is 0 Å². The van der Waals surface area contributed by atoms with Crippen LogP contribution in [0.2, 0.25) is 0 Å². The van der Waals surface area contributed by atoms with Crippen LogP contribution >= 0.6 is 0 Å². The van der Waals surface area contributed by atoms with Gasteiger partial charge < -0.3 is 21.1 Å². The Labute approximate surface area is 111 Å². The third-order valence-electron chi connectivity index (χ3n) is 2.66. The van der Waals surface area contributed by atoms with E-state index >= 15 is 0 Å². The number of aliphatic hydroxyl groups is 1. The zero-order valence-corrected chi connectivity index (χ0v) is 11.2. The highest BCUT2D eigenvalue weighted by molar-refractivity contribution is 6.27. The lowest BCUT2D eigenvalue weighted by Crippen LogP contribution is -2.16. The van der Waals surface area contributed by atoms with E-state index in [0.29, 0.717) is 0 Å². The molecule has 0 aliphatic carbocycles. The van der Waals surface area contributed by atoms with Crippen LogP contribution in [0.1, 0.15) is 28.3 Å². The molecule has 0 saturated carbocycles. The zero-order chi connectivity index (χ0) is 15.2. The minimum atomic E-state index is -1.82. The highest BCUT2D eigenvalue weighted by Gasteiger charge is 2.08. The molecule has 6 nitrogen and oxygen atoms in total. The van der Waals surface area contributed by atoms with Crippen molar-refractivity contribution < 1.29 is 24.9 Å². The second kappa shape index (κ2) is 7.50. The fourth-order valence-corrected chi connectivity index (χ4v) is 1.48. The number of aliphatic carboxylic acids is 2. The van der Waals surface area contributed by atoms with E-state index in [1.165, 1.54) is 11.1 Å². The number of rotatable bonds is 2. The molecule has 1 unspecified atom stereocenters. The molecule has 19 heavy (non-hydrogen) atoms. The molecular formula is C13H19NO5. The Morgan fingerprint density at radius 3 is 1.84 bits per heavy atom. The van der Waals surface area contributed by atoms with Crippen molar-refractivity contribution in [3.05, 3.63) is 34.4 Å². The maximum absolute atomic E-state index is 9.10. The highest BCUT2D eigenvalue weighted by Crippen LogP contribution is 2.19. The van der Waals surface area contributed by atoms with Crippen LogP contribution in [0.25, 0.3) is 0 Å². The van der Waals surface area contributed by atoms with Crippen LogP contribution in [0.5, 0.6) is 0 Å². The second-order valence-corrected chi connectivity index (χ2v) is 4.19. The van der Waals surface area contributed by atoms with Gasteiger partial charge in [0.25, 0.3) is 0 Å². The minimum Gasteiger partial charge on any atom is -0.473 e. The molecule has 0 aliphatic heterocycles. The molecule has 6 heteroatoms. The lowest BCUT2D eigenvalue weighted by Gasteiger charge is -2.14. The summed E-state index contributed by atoms with van der Waals surface area (Å²) >= 11 is 0. The molecule has 0 radical (unpaired) electrons. The number of aliphatic hydroxyl groups excluding tert-OH is 1. The maximum atomic E-state index is 9.10. The van der Waals surface area contributed by atoms with E-state index in [1.807, 2.05) is 6.92 Å². The number of hydrogen-bond acceptors (Lipinski definition) is 4. The van der Waals surface area contributed by atoms with E-state index in [2.05, 4.69) is 26.0 Å². The lowest BCUT2D eigenvalue weighted by molar-refractivity contribution is -0.159. The molecule has 1 atom stereocenters. The quantitative estimate of drug-likeness (QED) is 0.588. The van der Waals surface area contributed by atoms with Gasteiger partial charge in [-0.15, -0.1) is 0 Å². The first-order valence-electron chi connectivity index (χ1n) is 5.61. The van der Waals surface area contributed by atoms with Crippen molar-refractivity contribution in [2.75, 3.05) is 6.61 Å². The summed E-state index contributed by atoms with van der Waals surface area (Å²) in [4.78, 5) is 18.2. The lowest BCUT2D eigenvalue weighted by atomic mass is 9.97. The molecule has 1 aromatic carbocycles. The van der Waals surface area contributed by atoms with Crippen LogP contribution in [0, 0.1) is 20.8 Å². The molecule has 5 N–H and O–H groups in total. The zero-order valence-electron chi connectivity index (χ0n) is 11.2. The average molecular weight is 269 g/mol. The van der Waals surface area contributed by atoms with E-state index in [1.54, 1.807) is 0 Å². The molecule has 0 fully saturated rings. The molecule has 0 aromatic heterocycles. The van der Waals surface area contributed by atoms with E-state index in [9.17, 15) is 0 Å². The van der Waals surface area contributed by atoms with Gasteiger partial charge in [-0.25, -0.2) is 9.59 Å². The summed E-state index contributed by atoms with van der Waals surface area (Å²) in [5.41, 5.74) is 10.5. The average Bonchev–Trinajstić information content (AvgIpc) is 2.33. The van der Waals surface area contributed by atoms with Crippen LogP contribution < -0.4 is 5.73 Å². The third kappa shape index (κ3) is 5.50. The molecule has 0 heterocycles. The van der Waals surface area contributed by atoms with Crippen molar-refractivity contribution in [1.29, 1.82) is 0 Å². The Kier molecular flexibility index (Phi) is 6.74. The second-order valence-electron chi connectivity index (χ2n) is 4.19. The summed E-state index contributed by atoms with van der Waals surface area (Å²) < 4.78 is 0. The molecule has 0 amide bonds. The number of carboxylic acid groups (broad SMARTS) is 2. The Morgan fingerprint density at radius 2 is 1.47 bits per heavy atom. The first-order chi connectivity index (χ1) is 8.70. The number of carboxylic acids is 2. The molecule has 1 rings (SSSR count). The summed E-state index contributed by atoms with van der Waals surface area (Å²) in [5.74, 6) is -3.65. The van der Waals surface area contributed by atoms with Crippen LogP contribution in [-0.2, 0) is 9.59 Å². The topological polar surface area (TPSA) is 121 Å². The molecule has 0 saturated heterocycles.